The monoisotopic (exact) mass is 252 g/mol. The van der Waals surface area contributed by atoms with Crippen molar-refractivity contribution in [2.45, 2.75) is 13.8 Å². The van der Waals surface area contributed by atoms with E-state index in [1.54, 1.807) is 0 Å². The maximum atomic E-state index is 11.2. The lowest BCUT2D eigenvalue weighted by molar-refractivity contribution is 0.0994. The molecule has 0 fully saturated rings. The summed E-state index contributed by atoms with van der Waals surface area (Å²) in [5, 5.41) is 0. The molecule has 4 N–H and O–H groups in total. The number of carbonyl (C=O) groups excluding carboxylic acids is 1. The lowest BCUT2D eigenvalue weighted by Crippen LogP contribution is -2.28. The molecule has 0 radical (unpaired) electrons. The lowest BCUT2D eigenvalue weighted by atomic mass is 10.2. The Kier molecular flexibility index (Phi) is 5.38. The normalized spacial score (nSPS) is 10.6. The van der Waals surface area contributed by atoms with Crippen LogP contribution in [0.25, 0.3) is 0 Å². The van der Waals surface area contributed by atoms with Gasteiger partial charge in [0.05, 0.1) is 11.9 Å². The Bertz CT molecular complexity index is 405. The Hall–Kier alpha value is -1.82. The van der Waals surface area contributed by atoms with E-state index in [0.29, 0.717) is 12.3 Å². The summed E-state index contributed by atoms with van der Waals surface area (Å²) in [6.45, 7) is 7.31. The summed E-state index contributed by atoms with van der Waals surface area (Å²) in [5.41, 5.74) is 11.4. The van der Waals surface area contributed by atoms with Crippen molar-refractivity contribution in [2.75, 3.05) is 32.0 Å². The second kappa shape index (κ2) is 6.80. The predicted octanol–water partition coefficient (Wildman–Crippen LogP) is 0.483. The van der Waals surface area contributed by atoms with Gasteiger partial charge in [-0.05, 0) is 19.2 Å². The highest BCUT2D eigenvalue weighted by molar-refractivity contribution is 5.95. The second-order valence-corrected chi connectivity index (χ2v) is 3.86. The van der Waals surface area contributed by atoms with Gasteiger partial charge in [-0.1, -0.05) is 13.8 Å². The number of hydrogen-bond donors (Lipinski definition) is 2. The Balaban J connectivity index is 2.64. The highest BCUT2D eigenvalue weighted by atomic mass is 16.5. The summed E-state index contributed by atoms with van der Waals surface area (Å²) in [5.74, 6) is -0.350. The molecular formula is C12H20N4O2. The predicted molar refractivity (Wildman–Crippen MR) is 70.5 cm³/mol. The third-order valence-corrected chi connectivity index (χ3v) is 2.68. The minimum Gasteiger partial charge on any atom is -0.476 e. The maximum Gasteiger partial charge on any atom is 0.254 e. The molecule has 100 valence electrons. The highest BCUT2D eigenvalue weighted by Crippen LogP contribution is 2.17. The number of amides is 1. The van der Waals surface area contributed by atoms with Gasteiger partial charge in [-0.2, -0.15) is 0 Å². The number of pyridine rings is 1. The molecule has 0 aliphatic rings. The first-order chi connectivity index (χ1) is 8.58. The first-order valence-corrected chi connectivity index (χ1v) is 5.99. The molecule has 0 bridgehead atoms. The van der Waals surface area contributed by atoms with Gasteiger partial charge in [0, 0.05) is 6.54 Å². The molecular weight excluding hydrogens is 232 g/mol. The molecule has 0 aliphatic carbocycles. The molecule has 1 aromatic rings. The third-order valence-electron chi connectivity index (χ3n) is 2.68. The van der Waals surface area contributed by atoms with Crippen LogP contribution >= 0.6 is 0 Å². The van der Waals surface area contributed by atoms with E-state index in [0.717, 1.165) is 19.6 Å². The molecule has 0 aromatic carbocycles. The Morgan fingerprint density at radius 3 is 2.67 bits per heavy atom. The van der Waals surface area contributed by atoms with Crippen LogP contribution in [0.15, 0.2) is 12.3 Å². The van der Waals surface area contributed by atoms with Crippen molar-refractivity contribution in [3.63, 3.8) is 0 Å². The summed E-state index contributed by atoms with van der Waals surface area (Å²) < 4.78 is 5.48. The van der Waals surface area contributed by atoms with Crippen LogP contribution in [0.3, 0.4) is 0 Å². The average molecular weight is 252 g/mol. The molecule has 1 amide bonds. The maximum absolute atomic E-state index is 11.2. The van der Waals surface area contributed by atoms with Crippen molar-refractivity contribution in [1.82, 2.24) is 9.88 Å². The topological polar surface area (TPSA) is 94.5 Å². The van der Waals surface area contributed by atoms with Crippen LogP contribution in [0.1, 0.15) is 24.2 Å². The van der Waals surface area contributed by atoms with Crippen LogP contribution in [0.2, 0.25) is 0 Å². The number of ether oxygens (including phenoxy) is 1. The van der Waals surface area contributed by atoms with Gasteiger partial charge in [-0.3, -0.25) is 4.79 Å². The number of carbonyl (C=O) groups is 1. The molecule has 1 heterocycles. The first-order valence-electron chi connectivity index (χ1n) is 5.99. The smallest absolute Gasteiger partial charge is 0.254 e. The fourth-order valence-electron chi connectivity index (χ4n) is 1.57. The van der Waals surface area contributed by atoms with Crippen LogP contribution in [0.5, 0.6) is 5.88 Å². The van der Waals surface area contributed by atoms with Crippen LogP contribution in [-0.2, 0) is 0 Å². The number of hydrogen-bond acceptors (Lipinski definition) is 5. The summed E-state index contributed by atoms with van der Waals surface area (Å²) in [6.07, 6.45) is 1.44. The number of anilines is 1. The molecule has 0 saturated heterocycles. The zero-order valence-corrected chi connectivity index (χ0v) is 10.8. The molecule has 6 nitrogen and oxygen atoms in total. The number of nitrogens with two attached hydrogens (primary N) is 2. The Morgan fingerprint density at radius 2 is 2.11 bits per heavy atom. The standard InChI is InChI=1S/C12H20N4O2/c1-3-16(4-2)5-6-18-12-10(11(14)17)7-9(13)8-15-12/h7-8H,3-6,13H2,1-2H3,(H2,14,17). The molecule has 0 aliphatic heterocycles. The van der Waals surface area contributed by atoms with Gasteiger partial charge in [0.15, 0.2) is 0 Å². The second-order valence-electron chi connectivity index (χ2n) is 3.86. The SMILES string of the molecule is CCN(CC)CCOc1ncc(N)cc1C(N)=O. The van der Waals surface area contributed by atoms with Crippen LogP contribution in [0, 0.1) is 0 Å². The molecule has 1 rings (SSSR count). The van der Waals surface area contributed by atoms with E-state index in [1.165, 1.54) is 12.3 Å². The number of likely N-dealkylation sites (N-methyl/N-ethyl adjacent to an activating group) is 1. The molecule has 18 heavy (non-hydrogen) atoms. The fraction of sp³-hybridized carbons (Fsp3) is 0.500. The average Bonchev–Trinajstić information content (AvgIpc) is 2.36. The highest BCUT2D eigenvalue weighted by Gasteiger charge is 2.11. The van der Waals surface area contributed by atoms with Gasteiger partial charge in [0.2, 0.25) is 5.88 Å². The lowest BCUT2D eigenvalue weighted by Gasteiger charge is -2.18. The van der Waals surface area contributed by atoms with Crippen LogP contribution in [0.4, 0.5) is 5.69 Å². The molecule has 6 heteroatoms. The largest absolute Gasteiger partial charge is 0.476 e. The zero-order chi connectivity index (χ0) is 13.5. The van der Waals surface area contributed by atoms with Crippen LogP contribution < -0.4 is 16.2 Å². The number of primary amides is 1. The van der Waals surface area contributed by atoms with Crippen molar-refractivity contribution in [1.29, 1.82) is 0 Å². The minimum atomic E-state index is -0.590. The van der Waals surface area contributed by atoms with E-state index in [1.807, 2.05) is 0 Å². The fourth-order valence-corrected chi connectivity index (χ4v) is 1.57. The van der Waals surface area contributed by atoms with E-state index in [9.17, 15) is 4.79 Å². The van der Waals surface area contributed by atoms with Crippen molar-refractivity contribution in [2.24, 2.45) is 5.73 Å². The summed E-state index contributed by atoms with van der Waals surface area (Å²) in [6, 6.07) is 1.47. The van der Waals surface area contributed by atoms with Gasteiger partial charge >= 0.3 is 0 Å². The molecule has 0 saturated carbocycles. The molecule has 1 aromatic heterocycles. The summed E-state index contributed by atoms with van der Waals surface area (Å²) in [7, 11) is 0. The molecule has 0 atom stereocenters. The molecule has 0 spiro atoms. The van der Waals surface area contributed by atoms with Gasteiger partial charge in [-0.25, -0.2) is 4.98 Å². The van der Waals surface area contributed by atoms with Crippen molar-refractivity contribution >= 4 is 11.6 Å². The van der Waals surface area contributed by atoms with E-state index in [2.05, 4.69) is 23.7 Å². The summed E-state index contributed by atoms with van der Waals surface area (Å²) in [4.78, 5) is 17.4. The van der Waals surface area contributed by atoms with E-state index in [4.69, 9.17) is 16.2 Å². The van der Waals surface area contributed by atoms with Crippen molar-refractivity contribution < 1.29 is 9.53 Å². The zero-order valence-electron chi connectivity index (χ0n) is 10.8. The van der Waals surface area contributed by atoms with E-state index >= 15 is 0 Å². The quantitative estimate of drug-likeness (QED) is 0.736. The van der Waals surface area contributed by atoms with E-state index < -0.39 is 5.91 Å². The Morgan fingerprint density at radius 1 is 1.44 bits per heavy atom. The van der Waals surface area contributed by atoms with Crippen molar-refractivity contribution in [3.05, 3.63) is 17.8 Å². The first kappa shape index (κ1) is 14.2. The minimum absolute atomic E-state index is 0.217. The van der Waals surface area contributed by atoms with E-state index in [-0.39, 0.29) is 11.4 Å². The van der Waals surface area contributed by atoms with Gasteiger partial charge in [0.25, 0.3) is 5.91 Å². The number of nitrogen functional groups attached to an aromatic ring is 1. The number of rotatable bonds is 7. The van der Waals surface area contributed by atoms with Gasteiger partial charge in [0.1, 0.15) is 12.2 Å². The van der Waals surface area contributed by atoms with Crippen LogP contribution in [-0.4, -0.2) is 42.0 Å². The van der Waals surface area contributed by atoms with Gasteiger partial charge < -0.3 is 21.1 Å². The number of aromatic nitrogens is 1. The number of nitrogens with zero attached hydrogens (tertiary/aromatic N) is 2. The van der Waals surface area contributed by atoms with Gasteiger partial charge in [-0.15, -0.1) is 0 Å². The summed E-state index contributed by atoms with van der Waals surface area (Å²) >= 11 is 0. The van der Waals surface area contributed by atoms with Crippen molar-refractivity contribution in [3.8, 4) is 5.88 Å². The third kappa shape index (κ3) is 3.89. The molecule has 0 unspecified atom stereocenters. The Labute approximate surface area is 107 Å².